The Balaban J connectivity index is 0.00000200. The molecule has 2 rings (SSSR count). The fourth-order valence-electron chi connectivity index (χ4n) is 1.61. The molecule has 0 unspecified atom stereocenters. The van der Waals surface area contributed by atoms with Crippen LogP contribution in [0.4, 0.5) is 5.69 Å². The van der Waals surface area contributed by atoms with Crippen LogP contribution < -0.4 is 5.32 Å². The zero-order valence-corrected chi connectivity index (χ0v) is 13.1. The molecule has 0 bridgehead atoms. The Kier molecular flexibility index (Phi) is 5.79. The third-order valence-corrected chi connectivity index (χ3v) is 2.83. The topological polar surface area (TPSA) is 96.9 Å². The molecule has 5 nitrogen and oxygen atoms in total. The maximum Gasteiger partial charge on any atom is 0.269 e. The second-order valence-corrected chi connectivity index (χ2v) is 4.29. The van der Waals surface area contributed by atoms with Crippen LogP contribution >= 0.6 is 0 Å². The number of nitrogens with one attached hydrogen (secondary N) is 1. The van der Waals surface area contributed by atoms with E-state index < -0.39 is 5.91 Å². The van der Waals surface area contributed by atoms with E-state index in [-0.39, 0.29) is 46.8 Å². The minimum absolute atomic E-state index is 0. The summed E-state index contributed by atoms with van der Waals surface area (Å²) in [6.45, 7) is 0. The first-order valence-electron chi connectivity index (χ1n) is 5.80. The molecule has 1 fully saturated rings. The summed E-state index contributed by atoms with van der Waals surface area (Å²) < 4.78 is 0. The Morgan fingerprint density at radius 2 is 1.85 bits per heavy atom. The molecule has 1 aliphatic rings. The molecule has 0 spiro atoms. The number of rotatable bonds is 3. The molecule has 0 atom stereocenters. The van der Waals surface area contributed by atoms with Gasteiger partial charge in [-0.3, -0.25) is 4.79 Å². The van der Waals surface area contributed by atoms with Gasteiger partial charge in [0.15, 0.2) is 5.57 Å². The molecule has 1 aliphatic carbocycles. The molecule has 1 aromatic rings. The van der Waals surface area contributed by atoms with Gasteiger partial charge in [-0.25, -0.2) is 0 Å². The van der Waals surface area contributed by atoms with Crippen LogP contribution in [0.25, 0.3) is 0 Å². The first kappa shape index (κ1) is 16.3. The van der Waals surface area contributed by atoms with Gasteiger partial charge in [-0.05, 0) is 37.1 Å². The minimum atomic E-state index is -0.628. The molecule has 95 valence electrons. The van der Waals surface area contributed by atoms with Crippen molar-refractivity contribution in [1.29, 1.82) is 10.5 Å². The van der Waals surface area contributed by atoms with Gasteiger partial charge in [0.1, 0.15) is 11.8 Å². The molecule has 1 radical (unpaired) electrons. The van der Waals surface area contributed by atoms with E-state index in [1.165, 1.54) is 0 Å². The Hall–Kier alpha value is -1.79. The smallest absolute Gasteiger partial charge is 0.269 e. The van der Waals surface area contributed by atoms with Gasteiger partial charge in [0.2, 0.25) is 0 Å². The molecule has 6 heteroatoms. The van der Waals surface area contributed by atoms with Crippen molar-refractivity contribution < 1.29 is 9.90 Å². The summed E-state index contributed by atoms with van der Waals surface area (Å²) in [5.41, 5.74) is 0.710. The number of hydrogen-bond donors (Lipinski definition) is 2. The number of nitrogens with zero attached hydrogens (tertiary/aromatic N) is 2. The number of nitriles is 2. The Bertz CT molecular complexity index is 619. The average Bonchev–Trinajstić information content (AvgIpc) is 3.24. The Labute approximate surface area is 138 Å². The maximum absolute atomic E-state index is 11.9. The standard InChI is InChI=1S/C14H11N3O2.Na/c15-7-9-1-5-11(6-2-9)17-14(19)12(8-16)13(18)10-3-4-10;/h1-2,5-6,10,18H,3-4H2,(H,17,19);. The van der Waals surface area contributed by atoms with Gasteiger partial charge in [0, 0.05) is 41.2 Å². The van der Waals surface area contributed by atoms with Crippen LogP contribution in [0.1, 0.15) is 18.4 Å². The minimum Gasteiger partial charge on any atom is -0.510 e. The number of carbonyl (C=O) groups excluding carboxylic acids is 1. The summed E-state index contributed by atoms with van der Waals surface area (Å²) in [7, 11) is 0. The van der Waals surface area contributed by atoms with Crippen LogP contribution in [0.5, 0.6) is 0 Å². The van der Waals surface area contributed by atoms with Crippen molar-refractivity contribution in [1.82, 2.24) is 0 Å². The summed E-state index contributed by atoms with van der Waals surface area (Å²) in [5, 5.41) is 29.8. The van der Waals surface area contributed by atoms with Gasteiger partial charge in [0.05, 0.1) is 11.6 Å². The molecule has 20 heavy (non-hydrogen) atoms. The van der Waals surface area contributed by atoms with Crippen molar-refractivity contribution in [2.24, 2.45) is 5.92 Å². The molecule has 1 saturated carbocycles. The number of amides is 1. The van der Waals surface area contributed by atoms with Gasteiger partial charge in [-0.2, -0.15) is 10.5 Å². The van der Waals surface area contributed by atoms with E-state index in [9.17, 15) is 9.90 Å². The number of aliphatic hydroxyl groups excluding tert-OH is 1. The molecule has 0 aliphatic heterocycles. The SMILES string of the molecule is N#CC(C(=O)Nc1ccc(C#N)cc1)=C(O)C1CC1.[Na]. The van der Waals surface area contributed by atoms with Crippen LogP contribution in [0.15, 0.2) is 35.6 Å². The fourth-order valence-corrected chi connectivity index (χ4v) is 1.61. The predicted octanol–water partition coefficient (Wildman–Crippen LogP) is 1.86. The average molecular weight is 276 g/mol. The third-order valence-electron chi connectivity index (χ3n) is 2.83. The molecule has 0 heterocycles. The first-order chi connectivity index (χ1) is 9.15. The van der Waals surface area contributed by atoms with E-state index in [1.807, 2.05) is 6.07 Å². The number of hydrogen-bond acceptors (Lipinski definition) is 4. The quantitative estimate of drug-likeness (QED) is 0.381. The van der Waals surface area contributed by atoms with E-state index in [2.05, 4.69) is 5.32 Å². The summed E-state index contributed by atoms with van der Waals surface area (Å²) in [6, 6.07) is 9.96. The maximum atomic E-state index is 11.9. The zero-order chi connectivity index (χ0) is 13.8. The predicted molar refractivity (Wildman–Crippen MR) is 73.5 cm³/mol. The summed E-state index contributed by atoms with van der Waals surface area (Å²) >= 11 is 0. The van der Waals surface area contributed by atoms with Crippen molar-refractivity contribution >= 4 is 41.2 Å². The van der Waals surface area contributed by atoms with E-state index >= 15 is 0 Å². The number of aliphatic hydroxyl groups is 1. The summed E-state index contributed by atoms with van der Waals surface area (Å²) in [6.07, 6.45) is 1.61. The molecular weight excluding hydrogens is 265 g/mol. The number of anilines is 1. The first-order valence-corrected chi connectivity index (χ1v) is 5.80. The van der Waals surface area contributed by atoms with E-state index in [0.717, 1.165) is 12.8 Å². The zero-order valence-electron chi connectivity index (χ0n) is 11.1. The number of allylic oxidation sites excluding steroid dienone is 1. The monoisotopic (exact) mass is 276 g/mol. The van der Waals surface area contributed by atoms with Crippen molar-refractivity contribution in [3.8, 4) is 12.1 Å². The molecule has 1 aromatic carbocycles. The normalized spacial score (nSPS) is 14.1. The molecular formula is C14H11N3NaO2. The second-order valence-electron chi connectivity index (χ2n) is 4.29. The van der Waals surface area contributed by atoms with Crippen molar-refractivity contribution in [2.75, 3.05) is 5.32 Å². The van der Waals surface area contributed by atoms with Gasteiger partial charge in [0.25, 0.3) is 5.91 Å². The summed E-state index contributed by atoms with van der Waals surface area (Å²) in [5.74, 6) is -0.813. The van der Waals surface area contributed by atoms with E-state index in [4.69, 9.17) is 10.5 Å². The van der Waals surface area contributed by atoms with Gasteiger partial charge >= 0.3 is 0 Å². The van der Waals surface area contributed by atoms with Gasteiger partial charge in [-0.15, -0.1) is 0 Å². The molecule has 0 saturated heterocycles. The fraction of sp³-hybridized carbons (Fsp3) is 0.214. The van der Waals surface area contributed by atoms with Crippen molar-refractivity contribution in [2.45, 2.75) is 12.8 Å². The molecule has 2 N–H and O–H groups in total. The second kappa shape index (κ2) is 7.12. The van der Waals surface area contributed by atoms with Crippen LogP contribution in [0, 0.1) is 28.6 Å². The number of carbonyl (C=O) groups is 1. The van der Waals surface area contributed by atoms with Crippen LogP contribution in [-0.2, 0) is 4.79 Å². The largest absolute Gasteiger partial charge is 0.510 e. The van der Waals surface area contributed by atoms with Gasteiger partial charge in [-0.1, -0.05) is 0 Å². The van der Waals surface area contributed by atoms with Gasteiger partial charge < -0.3 is 10.4 Å². The van der Waals surface area contributed by atoms with E-state index in [1.54, 1.807) is 30.3 Å². The van der Waals surface area contributed by atoms with Crippen LogP contribution in [0.2, 0.25) is 0 Å². The van der Waals surface area contributed by atoms with Crippen molar-refractivity contribution in [3.05, 3.63) is 41.2 Å². The third kappa shape index (κ3) is 3.85. The van der Waals surface area contributed by atoms with Crippen molar-refractivity contribution in [3.63, 3.8) is 0 Å². The van der Waals surface area contributed by atoms with E-state index in [0.29, 0.717) is 11.3 Å². The van der Waals surface area contributed by atoms with Crippen LogP contribution in [0.3, 0.4) is 0 Å². The Morgan fingerprint density at radius 1 is 1.25 bits per heavy atom. The van der Waals surface area contributed by atoms with Crippen LogP contribution in [-0.4, -0.2) is 40.6 Å². The Morgan fingerprint density at radius 3 is 2.30 bits per heavy atom. The molecule has 0 aromatic heterocycles. The molecule has 1 amide bonds. The number of benzene rings is 1. The summed E-state index contributed by atoms with van der Waals surface area (Å²) in [4.78, 5) is 11.9.